The van der Waals surface area contributed by atoms with Crippen LogP contribution in [0.4, 0.5) is 0 Å². The van der Waals surface area contributed by atoms with Crippen molar-refractivity contribution >= 4 is 34.5 Å². The number of benzene rings is 3. The maximum atomic E-state index is 13.6. The summed E-state index contributed by atoms with van der Waals surface area (Å²) in [6, 6.07) is 21.4. The molecule has 0 aliphatic carbocycles. The normalized spacial score (nSPS) is 15.2. The molecule has 1 unspecified atom stereocenters. The van der Waals surface area contributed by atoms with Crippen LogP contribution >= 0.6 is 11.8 Å². The monoisotopic (exact) mass is 501 g/mol. The number of carbonyl (C=O) groups is 2. The second kappa shape index (κ2) is 9.79. The molecule has 36 heavy (non-hydrogen) atoms. The quantitative estimate of drug-likeness (QED) is 0.400. The summed E-state index contributed by atoms with van der Waals surface area (Å²) in [6.07, 6.45) is 0. The van der Waals surface area contributed by atoms with Crippen molar-refractivity contribution in [2.75, 3.05) is 20.0 Å². The van der Waals surface area contributed by atoms with E-state index in [0.717, 1.165) is 16.9 Å². The zero-order valence-electron chi connectivity index (χ0n) is 19.6. The van der Waals surface area contributed by atoms with Gasteiger partial charge in [0.2, 0.25) is 0 Å². The molecule has 182 valence electrons. The zero-order valence-corrected chi connectivity index (χ0v) is 20.4. The van der Waals surface area contributed by atoms with E-state index in [1.54, 1.807) is 25.3 Å². The third kappa shape index (κ3) is 4.40. The number of nitrogens with zero attached hydrogens (tertiary/aromatic N) is 2. The molecule has 2 heterocycles. The Kier molecular flexibility index (Phi) is 6.39. The van der Waals surface area contributed by atoms with E-state index in [2.05, 4.69) is 5.43 Å². The van der Waals surface area contributed by atoms with Gasteiger partial charge in [0.15, 0.2) is 11.5 Å². The molecule has 4 aromatic rings. The number of hydrazine groups is 1. The van der Waals surface area contributed by atoms with Crippen LogP contribution in [0.25, 0.3) is 22.2 Å². The van der Waals surface area contributed by atoms with Gasteiger partial charge in [-0.05, 0) is 54.1 Å². The lowest BCUT2D eigenvalue weighted by molar-refractivity contribution is -0.130. The molecule has 1 fully saturated rings. The van der Waals surface area contributed by atoms with Crippen molar-refractivity contribution in [1.29, 1.82) is 0 Å². The molecule has 0 saturated carbocycles. The van der Waals surface area contributed by atoms with Crippen LogP contribution < -0.4 is 14.9 Å². The summed E-state index contributed by atoms with van der Waals surface area (Å²) in [7, 11) is 3.06. The second-order valence-corrected chi connectivity index (χ2v) is 9.17. The van der Waals surface area contributed by atoms with Gasteiger partial charge in [-0.1, -0.05) is 24.3 Å². The SMILES string of the molecule is COc1ccc(-c2cc(C(=O)NN3C(=O)CSC3c3ccc(O)c(OC)c3)c3ccccc3n2)cc1. The summed E-state index contributed by atoms with van der Waals surface area (Å²) < 4.78 is 10.5. The minimum atomic E-state index is -0.467. The van der Waals surface area contributed by atoms with Crippen LogP contribution in [-0.4, -0.2) is 46.9 Å². The number of aromatic hydroxyl groups is 1. The van der Waals surface area contributed by atoms with Gasteiger partial charge in [0.1, 0.15) is 11.1 Å². The average molecular weight is 502 g/mol. The molecule has 3 aromatic carbocycles. The fraction of sp³-hybridized carbons (Fsp3) is 0.148. The van der Waals surface area contributed by atoms with Gasteiger partial charge in [-0.15, -0.1) is 11.8 Å². The number of phenols is 1. The van der Waals surface area contributed by atoms with E-state index in [0.29, 0.717) is 27.9 Å². The van der Waals surface area contributed by atoms with E-state index in [9.17, 15) is 14.7 Å². The van der Waals surface area contributed by atoms with Crippen molar-refractivity contribution in [2.24, 2.45) is 0 Å². The summed E-state index contributed by atoms with van der Waals surface area (Å²) >= 11 is 1.38. The molecule has 1 aliphatic rings. The lowest BCUT2D eigenvalue weighted by Crippen LogP contribution is -2.44. The number of aromatic nitrogens is 1. The lowest BCUT2D eigenvalue weighted by atomic mass is 10.0. The van der Waals surface area contributed by atoms with Crippen LogP contribution in [0.15, 0.2) is 72.8 Å². The molecule has 1 aromatic heterocycles. The number of phenolic OH excluding ortho intramolecular Hbond substituents is 1. The van der Waals surface area contributed by atoms with Crippen molar-refractivity contribution < 1.29 is 24.2 Å². The zero-order chi connectivity index (χ0) is 25.2. The molecule has 8 nitrogen and oxygen atoms in total. The highest BCUT2D eigenvalue weighted by molar-refractivity contribution is 8.00. The van der Waals surface area contributed by atoms with E-state index in [-0.39, 0.29) is 17.4 Å². The molecule has 1 aliphatic heterocycles. The fourth-order valence-electron chi connectivity index (χ4n) is 4.08. The number of nitrogens with one attached hydrogen (secondary N) is 1. The van der Waals surface area contributed by atoms with Gasteiger partial charge in [-0.25, -0.2) is 9.99 Å². The number of ether oxygens (including phenoxy) is 2. The number of rotatable bonds is 6. The fourth-order valence-corrected chi connectivity index (χ4v) is 5.18. The van der Waals surface area contributed by atoms with Gasteiger partial charge < -0.3 is 14.6 Å². The van der Waals surface area contributed by atoms with Gasteiger partial charge in [0, 0.05) is 10.9 Å². The molecule has 5 rings (SSSR count). The number of carbonyl (C=O) groups excluding carboxylic acids is 2. The minimum absolute atomic E-state index is 0.000441. The Bertz CT molecular complexity index is 1460. The highest BCUT2D eigenvalue weighted by Gasteiger charge is 2.35. The summed E-state index contributed by atoms with van der Waals surface area (Å²) in [5.74, 6) is 0.583. The van der Waals surface area contributed by atoms with Gasteiger partial charge in [-0.3, -0.25) is 15.0 Å². The largest absolute Gasteiger partial charge is 0.504 e. The first-order valence-electron chi connectivity index (χ1n) is 11.1. The number of fused-ring (bicyclic) bond motifs is 1. The van der Waals surface area contributed by atoms with Crippen molar-refractivity contribution in [2.45, 2.75) is 5.37 Å². The summed E-state index contributed by atoms with van der Waals surface area (Å²) in [6.45, 7) is 0. The maximum absolute atomic E-state index is 13.6. The standard InChI is InChI=1S/C27H23N3O5S/c1-34-18-10-7-16(8-11-18)22-14-20(19-5-3-4-6-21(19)28-22)26(33)29-30-25(32)15-36-27(30)17-9-12-23(31)24(13-17)35-2/h3-14,27,31H,15H2,1-2H3,(H,29,33). The van der Waals surface area contributed by atoms with Crippen LogP contribution in [0.2, 0.25) is 0 Å². The van der Waals surface area contributed by atoms with E-state index in [1.807, 2.05) is 48.5 Å². The topological polar surface area (TPSA) is 101 Å². The minimum Gasteiger partial charge on any atom is -0.504 e. The molecule has 0 bridgehead atoms. The Morgan fingerprint density at radius 1 is 1.06 bits per heavy atom. The number of hydrogen-bond donors (Lipinski definition) is 2. The summed E-state index contributed by atoms with van der Waals surface area (Å²) in [5, 5.41) is 11.5. The number of para-hydroxylation sites is 1. The first kappa shape index (κ1) is 23.5. The van der Waals surface area contributed by atoms with E-state index in [4.69, 9.17) is 14.5 Å². The van der Waals surface area contributed by atoms with Crippen LogP contribution in [0.3, 0.4) is 0 Å². The van der Waals surface area contributed by atoms with Crippen molar-refractivity contribution in [3.05, 3.63) is 83.9 Å². The van der Waals surface area contributed by atoms with Crippen molar-refractivity contribution in [3.8, 4) is 28.5 Å². The molecule has 2 amide bonds. The molecule has 1 saturated heterocycles. The molecule has 1 atom stereocenters. The summed E-state index contributed by atoms with van der Waals surface area (Å²) in [4.78, 5) is 31.1. The Hall–Kier alpha value is -4.24. The number of pyridine rings is 1. The highest BCUT2D eigenvalue weighted by atomic mass is 32.2. The number of amides is 2. The van der Waals surface area contributed by atoms with Gasteiger partial charge in [-0.2, -0.15) is 0 Å². The Morgan fingerprint density at radius 3 is 2.58 bits per heavy atom. The van der Waals surface area contributed by atoms with Crippen molar-refractivity contribution in [1.82, 2.24) is 15.4 Å². The maximum Gasteiger partial charge on any atom is 0.270 e. The first-order chi connectivity index (χ1) is 17.5. The van der Waals surface area contributed by atoms with E-state index >= 15 is 0 Å². The Labute approximate surface area is 211 Å². The third-order valence-corrected chi connectivity index (χ3v) is 7.14. The van der Waals surface area contributed by atoms with E-state index in [1.165, 1.54) is 29.9 Å². The van der Waals surface area contributed by atoms with Crippen LogP contribution in [0.1, 0.15) is 21.3 Å². The van der Waals surface area contributed by atoms with Crippen LogP contribution in [-0.2, 0) is 4.79 Å². The van der Waals surface area contributed by atoms with Crippen molar-refractivity contribution in [3.63, 3.8) is 0 Å². The molecular formula is C27H23N3O5S. The number of hydrogen-bond acceptors (Lipinski definition) is 7. The first-order valence-corrected chi connectivity index (χ1v) is 12.2. The van der Waals surface area contributed by atoms with Gasteiger partial charge >= 0.3 is 0 Å². The summed E-state index contributed by atoms with van der Waals surface area (Å²) in [5.41, 5.74) is 6.05. The molecule has 0 radical (unpaired) electrons. The molecular weight excluding hydrogens is 478 g/mol. The Morgan fingerprint density at radius 2 is 1.83 bits per heavy atom. The van der Waals surface area contributed by atoms with Gasteiger partial charge in [0.05, 0.1) is 36.7 Å². The third-order valence-electron chi connectivity index (χ3n) is 5.93. The smallest absolute Gasteiger partial charge is 0.270 e. The lowest BCUT2D eigenvalue weighted by Gasteiger charge is -2.25. The van der Waals surface area contributed by atoms with Crippen LogP contribution in [0.5, 0.6) is 17.2 Å². The van der Waals surface area contributed by atoms with E-state index < -0.39 is 11.3 Å². The molecule has 2 N–H and O–H groups in total. The number of methoxy groups -OCH3 is 2. The molecule has 9 heteroatoms. The molecule has 0 spiro atoms. The predicted octanol–water partition coefficient (Wildman–Crippen LogP) is 4.54. The highest BCUT2D eigenvalue weighted by Crippen LogP contribution is 2.40. The second-order valence-electron chi connectivity index (χ2n) is 8.10. The average Bonchev–Trinajstić information content (AvgIpc) is 3.27. The van der Waals surface area contributed by atoms with Gasteiger partial charge in [0.25, 0.3) is 11.8 Å². The number of thioether (sulfide) groups is 1. The predicted molar refractivity (Wildman–Crippen MR) is 138 cm³/mol. The van der Waals surface area contributed by atoms with Crippen LogP contribution in [0, 0.1) is 0 Å². The Balaban J connectivity index is 1.50.